The quantitative estimate of drug-likeness (QED) is 0.690. The van der Waals surface area contributed by atoms with Gasteiger partial charge in [-0.3, -0.25) is 15.0 Å². The lowest BCUT2D eigenvalue weighted by Crippen LogP contribution is -2.63. The van der Waals surface area contributed by atoms with Crippen LogP contribution < -0.4 is 10.6 Å². The van der Waals surface area contributed by atoms with E-state index in [-0.39, 0.29) is 18.5 Å². The van der Waals surface area contributed by atoms with Crippen molar-refractivity contribution in [2.75, 3.05) is 19.6 Å². The monoisotopic (exact) mass is 283 g/mol. The Kier molecular flexibility index (Phi) is 4.99. The van der Waals surface area contributed by atoms with Gasteiger partial charge < -0.3 is 10.4 Å². The zero-order valence-electron chi connectivity index (χ0n) is 12.2. The Balaban J connectivity index is 1.62. The van der Waals surface area contributed by atoms with Gasteiger partial charge in [0.05, 0.1) is 12.1 Å². The second-order valence-corrected chi connectivity index (χ2v) is 6.12. The Morgan fingerprint density at radius 3 is 2.55 bits per heavy atom. The highest BCUT2D eigenvalue weighted by Crippen LogP contribution is 2.25. The molecule has 1 saturated heterocycles. The third-order valence-electron chi connectivity index (χ3n) is 4.06. The fourth-order valence-corrected chi connectivity index (χ4v) is 3.18. The van der Waals surface area contributed by atoms with Crippen molar-refractivity contribution in [1.82, 2.24) is 15.5 Å². The molecule has 0 aromatic heterocycles. The number of β-amino-alcohol motifs (C(OH)–C–C–N with tert-alkyl or cyclic N) is 1. The summed E-state index contributed by atoms with van der Waals surface area (Å²) in [6.07, 6.45) is 5.97. The minimum absolute atomic E-state index is 0.171. The maximum atomic E-state index is 11.7. The van der Waals surface area contributed by atoms with E-state index >= 15 is 0 Å². The molecular weight excluding hydrogens is 258 g/mol. The third kappa shape index (κ3) is 4.18. The van der Waals surface area contributed by atoms with Gasteiger partial charge in [-0.05, 0) is 19.3 Å². The summed E-state index contributed by atoms with van der Waals surface area (Å²) < 4.78 is 0. The molecule has 0 bridgehead atoms. The highest BCUT2D eigenvalue weighted by atomic mass is 16.3. The molecule has 3 N–H and O–H groups in total. The van der Waals surface area contributed by atoms with Gasteiger partial charge in [0.25, 0.3) is 0 Å². The van der Waals surface area contributed by atoms with Gasteiger partial charge in [-0.15, -0.1) is 0 Å². The lowest BCUT2D eigenvalue weighted by atomic mass is 9.89. The summed E-state index contributed by atoms with van der Waals surface area (Å²) in [5.41, 5.74) is -0.638. The molecule has 2 aliphatic rings. The predicted molar refractivity (Wildman–Crippen MR) is 75.2 cm³/mol. The molecule has 20 heavy (non-hydrogen) atoms. The van der Waals surface area contributed by atoms with E-state index in [1.165, 1.54) is 0 Å². The van der Waals surface area contributed by atoms with Crippen molar-refractivity contribution in [2.24, 2.45) is 0 Å². The first kappa shape index (κ1) is 15.3. The molecule has 0 radical (unpaired) electrons. The summed E-state index contributed by atoms with van der Waals surface area (Å²) >= 11 is 0. The molecule has 6 heteroatoms. The molecule has 0 aromatic rings. The van der Waals surface area contributed by atoms with E-state index in [4.69, 9.17) is 0 Å². The van der Waals surface area contributed by atoms with Gasteiger partial charge in [-0.1, -0.05) is 26.2 Å². The lowest BCUT2D eigenvalue weighted by molar-refractivity contribution is -0.132. The van der Waals surface area contributed by atoms with Gasteiger partial charge in [0.1, 0.15) is 0 Å². The molecule has 1 saturated carbocycles. The smallest absolute Gasteiger partial charge is 0.321 e. The number of urea groups is 1. The molecule has 1 aliphatic carbocycles. The summed E-state index contributed by atoms with van der Waals surface area (Å²) in [6.45, 7) is 3.22. The third-order valence-corrected chi connectivity index (χ3v) is 4.06. The average Bonchev–Trinajstić information content (AvgIpc) is 2.79. The van der Waals surface area contributed by atoms with Crippen molar-refractivity contribution in [3.05, 3.63) is 0 Å². The molecule has 1 heterocycles. The molecular formula is C14H25N3O3. The zero-order valence-corrected chi connectivity index (χ0v) is 12.2. The molecule has 0 spiro atoms. The molecule has 2 rings (SSSR count). The summed E-state index contributed by atoms with van der Waals surface area (Å²) in [7, 11) is 0. The van der Waals surface area contributed by atoms with E-state index in [1.807, 2.05) is 11.8 Å². The summed E-state index contributed by atoms with van der Waals surface area (Å²) in [4.78, 5) is 25.2. The van der Waals surface area contributed by atoms with Gasteiger partial charge in [0, 0.05) is 19.1 Å². The maximum Gasteiger partial charge on any atom is 0.321 e. The number of hydrogen-bond acceptors (Lipinski definition) is 4. The van der Waals surface area contributed by atoms with Crippen molar-refractivity contribution in [3.63, 3.8) is 0 Å². The summed E-state index contributed by atoms with van der Waals surface area (Å²) in [5, 5.41) is 15.2. The van der Waals surface area contributed by atoms with E-state index in [0.29, 0.717) is 13.1 Å². The van der Waals surface area contributed by atoms with E-state index in [9.17, 15) is 14.7 Å². The molecule has 0 aromatic carbocycles. The minimum atomic E-state index is -0.638. The molecule has 1 aliphatic heterocycles. The molecule has 0 atom stereocenters. The van der Waals surface area contributed by atoms with Crippen LogP contribution in [0.15, 0.2) is 0 Å². The Bertz CT molecular complexity index is 361. The van der Waals surface area contributed by atoms with Crippen LogP contribution in [0.2, 0.25) is 0 Å². The van der Waals surface area contributed by atoms with E-state index in [1.54, 1.807) is 0 Å². The molecule has 114 valence electrons. The Hall–Kier alpha value is -1.14. The Morgan fingerprint density at radius 1 is 1.30 bits per heavy atom. The SMILES string of the molecule is CCCC1(O)CN(CC(=O)NC(=O)NC2CCCC2)C1. The number of carbonyl (C=O) groups excluding carboxylic acids is 2. The molecule has 3 amide bonds. The van der Waals surface area contributed by atoms with Crippen LogP contribution in [0.3, 0.4) is 0 Å². The average molecular weight is 283 g/mol. The van der Waals surface area contributed by atoms with Crippen molar-refractivity contribution < 1.29 is 14.7 Å². The van der Waals surface area contributed by atoms with Crippen molar-refractivity contribution >= 4 is 11.9 Å². The summed E-state index contributed by atoms with van der Waals surface area (Å²) in [5.74, 6) is -0.306. The van der Waals surface area contributed by atoms with Crippen LogP contribution in [0.1, 0.15) is 45.4 Å². The second kappa shape index (κ2) is 6.54. The fraction of sp³-hybridized carbons (Fsp3) is 0.857. The summed E-state index contributed by atoms with van der Waals surface area (Å²) in [6, 6.07) is -0.187. The highest BCUT2D eigenvalue weighted by molar-refractivity contribution is 5.95. The Labute approximate surface area is 119 Å². The van der Waals surface area contributed by atoms with Crippen LogP contribution in [-0.2, 0) is 4.79 Å². The normalized spacial score (nSPS) is 22.3. The number of nitrogens with zero attached hydrogens (tertiary/aromatic N) is 1. The topological polar surface area (TPSA) is 81.7 Å². The highest BCUT2D eigenvalue weighted by Gasteiger charge is 2.40. The first-order valence-electron chi connectivity index (χ1n) is 7.56. The molecule has 2 fully saturated rings. The standard InChI is InChI=1S/C14H25N3O3/c1-2-7-14(20)9-17(10-14)8-12(18)16-13(19)15-11-5-3-4-6-11/h11,20H,2-10H2,1H3,(H2,15,16,18,19). The van der Waals surface area contributed by atoms with Gasteiger partial charge in [-0.2, -0.15) is 0 Å². The number of hydrogen-bond donors (Lipinski definition) is 3. The van der Waals surface area contributed by atoms with Crippen LogP contribution in [-0.4, -0.2) is 53.2 Å². The number of rotatable bonds is 5. The van der Waals surface area contributed by atoms with Gasteiger partial charge in [0.15, 0.2) is 0 Å². The lowest BCUT2D eigenvalue weighted by Gasteiger charge is -2.46. The van der Waals surface area contributed by atoms with Crippen LogP contribution in [0.4, 0.5) is 4.79 Å². The van der Waals surface area contributed by atoms with Crippen LogP contribution in [0.5, 0.6) is 0 Å². The fourth-order valence-electron chi connectivity index (χ4n) is 3.18. The number of nitrogens with one attached hydrogen (secondary N) is 2. The number of likely N-dealkylation sites (tertiary alicyclic amines) is 1. The first-order chi connectivity index (χ1) is 9.50. The number of amides is 3. The minimum Gasteiger partial charge on any atom is -0.387 e. The second-order valence-electron chi connectivity index (χ2n) is 6.12. The molecule has 0 unspecified atom stereocenters. The van der Waals surface area contributed by atoms with E-state index in [0.717, 1.165) is 38.5 Å². The maximum absolute atomic E-state index is 11.7. The van der Waals surface area contributed by atoms with Crippen molar-refractivity contribution in [3.8, 4) is 0 Å². The number of aliphatic hydroxyl groups is 1. The van der Waals surface area contributed by atoms with Gasteiger partial charge in [0.2, 0.25) is 5.91 Å². The van der Waals surface area contributed by atoms with Crippen LogP contribution >= 0.6 is 0 Å². The number of carbonyl (C=O) groups is 2. The number of imide groups is 1. The van der Waals surface area contributed by atoms with Gasteiger partial charge >= 0.3 is 6.03 Å². The van der Waals surface area contributed by atoms with E-state index in [2.05, 4.69) is 10.6 Å². The van der Waals surface area contributed by atoms with Crippen LogP contribution in [0, 0.1) is 0 Å². The molecule has 6 nitrogen and oxygen atoms in total. The van der Waals surface area contributed by atoms with Crippen molar-refractivity contribution in [1.29, 1.82) is 0 Å². The Morgan fingerprint density at radius 2 is 1.95 bits per heavy atom. The predicted octanol–water partition coefficient (Wildman–Crippen LogP) is 0.602. The van der Waals surface area contributed by atoms with Gasteiger partial charge in [-0.25, -0.2) is 4.79 Å². The van der Waals surface area contributed by atoms with E-state index < -0.39 is 11.6 Å². The zero-order chi connectivity index (χ0) is 14.6. The van der Waals surface area contributed by atoms with Crippen LogP contribution in [0.25, 0.3) is 0 Å². The largest absolute Gasteiger partial charge is 0.387 e. The first-order valence-corrected chi connectivity index (χ1v) is 7.56. The van der Waals surface area contributed by atoms with Crippen molar-refractivity contribution in [2.45, 2.75) is 57.1 Å².